The Labute approximate surface area is 167 Å². The number of carbonyl (C=O) groups excluding carboxylic acids is 1. The number of amides is 1. The molecule has 1 aliphatic rings. The van der Waals surface area contributed by atoms with E-state index in [1.807, 2.05) is 36.1 Å². The van der Waals surface area contributed by atoms with Gasteiger partial charge in [-0.3, -0.25) is 4.79 Å². The van der Waals surface area contributed by atoms with Crippen molar-refractivity contribution < 1.29 is 4.79 Å². The molecule has 0 saturated carbocycles. The molecule has 0 spiro atoms. The Morgan fingerprint density at radius 2 is 2.00 bits per heavy atom. The van der Waals surface area contributed by atoms with Gasteiger partial charge in [-0.1, -0.05) is 30.3 Å². The molecule has 27 heavy (non-hydrogen) atoms. The van der Waals surface area contributed by atoms with Gasteiger partial charge in [0.25, 0.3) is 0 Å². The van der Waals surface area contributed by atoms with Crippen LogP contribution in [0.2, 0.25) is 0 Å². The number of carbonyl (C=O) groups is 1. The fourth-order valence-corrected chi connectivity index (χ4v) is 3.75. The summed E-state index contributed by atoms with van der Waals surface area (Å²) >= 11 is 5.46. The van der Waals surface area contributed by atoms with Crippen LogP contribution < -0.4 is 15.5 Å². The maximum absolute atomic E-state index is 12.0. The van der Waals surface area contributed by atoms with Gasteiger partial charge in [0.2, 0.25) is 5.91 Å². The van der Waals surface area contributed by atoms with Crippen molar-refractivity contribution in [2.45, 2.75) is 45.6 Å². The maximum Gasteiger partial charge on any atom is 0.227 e. The number of benzene rings is 2. The lowest BCUT2D eigenvalue weighted by Gasteiger charge is -2.20. The molecule has 0 aliphatic carbocycles. The Balaban J connectivity index is 1.51. The lowest BCUT2D eigenvalue weighted by atomic mass is 10.1. The van der Waals surface area contributed by atoms with Gasteiger partial charge in [-0.05, 0) is 74.7 Å². The molecular weight excluding hydrogens is 354 g/mol. The van der Waals surface area contributed by atoms with Crippen LogP contribution in [0, 0.1) is 6.92 Å². The third-order valence-corrected chi connectivity index (χ3v) is 5.13. The molecule has 1 heterocycles. The molecule has 1 aliphatic heterocycles. The molecule has 1 amide bonds. The Morgan fingerprint density at radius 1 is 1.22 bits per heavy atom. The number of aryl methyl sites for hydroxylation is 2. The van der Waals surface area contributed by atoms with Crippen molar-refractivity contribution in [2.75, 3.05) is 16.8 Å². The van der Waals surface area contributed by atoms with Crippen LogP contribution in [0.5, 0.6) is 0 Å². The van der Waals surface area contributed by atoms with E-state index < -0.39 is 0 Å². The summed E-state index contributed by atoms with van der Waals surface area (Å²) in [6, 6.07) is 16.8. The minimum atomic E-state index is 0.211. The van der Waals surface area contributed by atoms with Gasteiger partial charge in [-0.25, -0.2) is 0 Å². The largest absolute Gasteiger partial charge is 0.360 e. The summed E-state index contributed by atoms with van der Waals surface area (Å²) in [4.78, 5) is 13.8. The van der Waals surface area contributed by atoms with Gasteiger partial charge in [0, 0.05) is 30.4 Å². The Bertz CT molecular complexity index is 806. The van der Waals surface area contributed by atoms with E-state index >= 15 is 0 Å². The van der Waals surface area contributed by atoms with Gasteiger partial charge in [0.15, 0.2) is 5.11 Å². The summed E-state index contributed by atoms with van der Waals surface area (Å²) in [5.74, 6) is 0.211. The second kappa shape index (κ2) is 9.00. The fraction of sp³-hybridized carbons (Fsp3) is 0.364. The van der Waals surface area contributed by atoms with Gasteiger partial charge in [0.1, 0.15) is 0 Å². The van der Waals surface area contributed by atoms with Gasteiger partial charge in [-0.15, -0.1) is 0 Å². The van der Waals surface area contributed by atoms with Crippen molar-refractivity contribution in [1.82, 2.24) is 5.32 Å². The molecule has 1 fully saturated rings. The molecule has 0 bridgehead atoms. The lowest BCUT2D eigenvalue weighted by Crippen LogP contribution is -2.36. The molecule has 5 heteroatoms. The Morgan fingerprint density at radius 3 is 2.67 bits per heavy atom. The van der Waals surface area contributed by atoms with E-state index in [0.717, 1.165) is 42.7 Å². The topological polar surface area (TPSA) is 44.4 Å². The Kier molecular flexibility index (Phi) is 6.45. The number of nitrogens with one attached hydrogen (secondary N) is 2. The average molecular weight is 382 g/mol. The second-order valence-electron chi connectivity index (χ2n) is 7.17. The van der Waals surface area contributed by atoms with Crippen molar-refractivity contribution >= 4 is 34.6 Å². The number of anilines is 2. The zero-order valence-electron chi connectivity index (χ0n) is 16.0. The third kappa shape index (κ3) is 5.30. The summed E-state index contributed by atoms with van der Waals surface area (Å²) < 4.78 is 0. The first-order chi connectivity index (χ1) is 13.0. The average Bonchev–Trinajstić information content (AvgIpc) is 3.06. The maximum atomic E-state index is 12.0. The van der Waals surface area contributed by atoms with Gasteiger partial charge in [0.05, 0.1) is 0 Å². The van der Waals surface area contributed by atoms with Gasteiger partial charge >= 0.3 is 0 Å². The molecular formula is C22H27N3OS. The standard InChI is InChI=1S/C22H27N3OS/c1-16-15-19(12-13-20(16)25-14-6-9-21(25)26)24-22(27)23-17(2)10-11-18-7-4-3-5-8-18/h3-5,7-8,12-13,15,17H,6,9-11,14H2,1-2H3,(H2,23,24,27)/t17-/m1/s1. The summed E-state index contributed by atoms with van der Waals surface area (Å²) in [5.41, 5.74) is 4.36. The predicted molar refractivity (Wildman–Crippen MR) is 116 cm³/mol. The summed E-state index contributed by atoms with van der Waals surface area (Å²) in [6.07, 6.45) is 3.62. The summed E-state index contributed by atoms with van der Waals surface area (Å²) in [6.45, 7) is 4.99. The second-order valence-corrected chi connectivity index (χ2v) is 7.58. The van der Waals surface area contributed by atoms with Crippen LogP contribution >= 0.6 is 12.2 Å². The zero-order valence-corrected chi connectivity index (χ0v) is 16.8. The van der Waals surface area contributed by atoms with E-state index in [1.165, 1.54) is 5.56 Å². The van der Waals surface area contributed by atoms with Crippen molar-refractivity contribution in [1.29, 1.82) is 0 Å². The smallest absolute Gasteiger partial charge is 0.227 e. The highest BCUT2D eigenvalue weighted by molar-refractivity contribution is 7.80. The Hall–Kier alpha value is -2.40. The quantitative estimate of drug-likeness (QED) is 0.727. The molecule has 4 nitrogen and oxygen atoms in total. The van der Waals surface area contributed by atoms with Crippen molar-refractivity contribution in [3.05, 3.63) is 59.7 Å². The molecule has 2 N–H and O–H groups in total. The van der Waals surface area contributed by atoms with E-state index in [2.05, 4.69) is 41.8 Å². The number of thiocarbonyl (C=S) groups is 1. The third-order valence-electron chi connectivity index (χ3n) is 4.91. The van der Waals surface area contributed by atoms with Crippen LogP contribution in [0.1, 0.15) is 37.3 Å². The number of rotatable bonds is 6. The summed E-state index contributed by atoms with van der Waals surface area (Å²) in [5, 5.41) is 7.23. The van der Waals surface area contributed by atoms with Crippen LogP contribution in [0.15, 0.2) is 48.5 Å². The molecule has 1 saturated heterocycles. The molecule has 142 valence electrons. The molecule has 0 radical (unpaired) electrons. The van der Waals surface area contributed by atoms with Crippen LogP contribution in [0.25, 0.3) is 0 Å². The lowest BCUT2D eigenvalue weighted by molar-refractivity contribution is -0.117. The molecule has 1 atom stereocenters. The van der Waals surface area contributed by atoms with E-state index in [9.17, 15) is 4.79 Å². The van der Waals surface area contributed by atoms with Crippen molar-refractivity contribution in [3.8, 4) is 0 Å². The SMILES string of the molecule is Cc1cc(NC(=S)N[C@H](C)CCc2ccccc2)ccc1N1CCCC1=O. The monoisotopic (exact) mass is 381 g/mol. The normalized spacial score (nSPS) is 14.9. The van der Waals surface area contributed by atoms with Crippen molar-refractivity contribution in [2.24, 2.45) is 0 Å². The first kappa shape index (κ1) is 19.4. The van der Waals surface area contributed by atoms with E-state index in [1.54, 1.807) is 0 Å². The van der Waals surface area contributed by atoms with Gasteiger partial charge < -0.3 is 15.5 Å². The molecule has 2 aromatic carbocycles. The molecule has 3 rings (SSSR count). The minimum absolute atomic E-state index is 0.211. The van der Waals surface area contributed by atoms with Crippen molar-refractivity contribution in [3.63, 3.8) is 0 Å². The van der Waals surface area contributed by atoms with Crippen LogP contribution in [-0.4, -0.2) is 23.6 Å². The summed E-state index contributed by atoms with van der Waals surface area (Å²) in [7, 11) is 0. The highest BCUT2D eigenvalue weighted by atomic mass is 32.1. The van der Waals surface area contributed by atoms with E-state index in [0.29, 0.717) is 11.5 Å². The highest BCUT2D eigenvalue weighted by Gasteiger charge is 2.22. The zero-order chi connectivity index (χ0) is 19.2. The van der Waals surface area contributed by atoms with Crippen LogP contribution in [0.3, 0.4) is 0 Å². The first-order valence-corrected chi connectivity index (χ1v) is 9.96. The first-order valence-electron chi connectivity index (χ1n) is 9.55. The molecule has 0 aromatic heterocycles. The van der Waals surface area contributed by atoms with E-state index in [-0.39, 0.29) is 11.9 Å². The molecule has 0 unspecified atom stereocenters. The van der Waals surface area contributed by atoms with E-state index in [4.69, 9.17) is 12.2 Å². The fourth-order valence-electron chi connectivity index (χ4n) is 3.43. The highest BCUT2D eigenvalue weighted by Crippen LogP contribution is 2.27. The predicted octanol–water partition coefficient (Wildman–Crippen LogP) is 4.43. The molecule has 2 aromatic rings. The van der Waals surface area contributed by atoms with Crippen LogP contribution in [0.4, 0.5) is 11.4 Å². The minimum Gasteiger partial charge on any atom is -0.360 e. The number of hydrogen-bond acceptors (Lipinski definition) is 2. The number of nitrogens with zero attached hydrogens (tertiary/aromatic N) is 1. The van der Waals surface area contributed by atoms with Crippen LogP contribution in [-0.2, 0) is 11.2 Å². The van der Waals surface area contributed by atoms with Gasteiger partial charge in [-0.2, -0.15) is 0 Å². The number of hydrogen-bond donors (Lipinski definition) is 2.